The summed E-state index contributed by atoms with van der Waals surface area (Å²) in [6, 6.07) is 23.0. The minimum atomic E-state index is -0.220. The van der Waals surface area contributed by atoms with Crippen LogP contribution in [0, 0.1) is 0 Å². The lowest BCUT2D eigenvalue weighted by atomic mass is 10.1. The van der Waals surface area contributed by atoms with E-state index in [1.807, 2.05) is 85.8 Å². The van der Waals surface area contributed by atoms with Crippen molar-refractivity contribution < 1.29 is 14.3 Å². The van der Waals surface area contributed by atoms with Crippen molar-refractivity contribution in [3.63, 3.8) is 0 Å². The van der Waals surface area contributed by atoms with E-state index in [1.54, 1.807) is 4.90 Å². The van der Waals surface area contributed by atoms with Gasteiger partial charge in [-0.05, 0) is 66.9 Å². The molecule has 0 aromatic heterocycles. The summed E-state index contributed by atoms with van der Waals surface area (Å²) in [4.78, 5) is 29.6. The normalized spacial score (nSPS) is 14.9. The summed E-state index contributed by atoms with van der Waals surface area (Å²) in [6.07, 6.45) is 3.97. The molecule has 0 saturated heterocycles. The van der Waals surface area contributed by atoms with Crippen molar-refractivity contribution in [3.8, 4) is 5.75 Å². The standard InChI is InChI=1S/C29H29BrN2O3S/c1-3-4-16-35-24-14-12-22(13-15-24)20(2)31-28(33)19-32-25-10-5-6-11-26(25)36-27(29(32)34)18-21-8-7-9-23(30)17-21/h5-15,17-18,20H,3-4,16,19H2,1-2H3,(H,31,33)/b27-18+/t20-/m1/s1. The van der Waals surface area contributed by atoms with Crippen LogP contribution in [0.15, 0.2) is 87.1 Å². The lowest BCUT2D eigenvalue weighted by Gasteiger charge is -2.30. The second-order valence-electron chi connectivity index (χ2n) is 8.58. The highest BCUT2D eigenvalue weighted by Gasteiger charge is 2.30. The van der Waals surface area contributed by atoms with Gasteiger partial charge in [-0.15, -0.1) is 0 Å². The fourth-order valence-corrected chi connectivity index (χ4v) is 5.34. The molecule has 0 aliphatic carbocycles. The van der Waals surface area contributed by atoms with Crippen LogP contribution < -0.4 is 15.0 Å². The maximum absolute atomic E-state index is 13.4. The van der Waals surface area contributed by atoms with Gasteiger partial charge in [0.15, 0.2) is 0 Å². The summed E-state index contributed by atoms with van der Waals surface area (Å²) in [6.45, 7) is 4.70. The largest absolute Gasteiger partial charge is 0.494 e. The summed E-state index contributed by atoms with van der Waals surface area (Å²) >= 11 is 4.91. The Labute approximate surface area is 225 Å². The first-order valence-electron chi connectivity index (χ1n) is 12.0. The lowest BCUT2D eigenvalue weighted by molar-refractivity contribution is -0.122. The van der Waals surface area contributed by atoms with Crippen molar-refractivity contribution in [2.45, 2.75) is 37.6 Å². The van der Waals surface area contributed by atoms with Crippen LogP contribution in [-0.2, 0) is 9.59 Å². The highest BCUT2D eigenvalue weighted by molar-refractivity contribution is 9.10. The fraction of sp³-hybridized carbons (Fsp3) is 0.241. The number of para-hydroxylation sites is 1. The van der Waals surface area contributed by atoms with E-state index in [4.69, 9.17) is 4.74 Å². The number of nitrogens with zero attached hydrogens (tertiary/aromatic N) is 1. The van der Waals surface area contributed by atoms with Gasteiger partial charge in [-0.3, -0.25) is 14.5 Å². The van der Waals surface area contributed by atoms with Gasteiger partial charge < -0.3 is 10.1 Å². The zero-order chi connectivity index (χ0) is 25.5. The van der Waals surface area contributed by atoms with Crippen molar-refractivity contribution in [2.75, 3.05) is 18.1 Å². The Morgan fingerprint density at radius 2 is 1.89 bits per heavy atom. The third kappa shape index (κ3) is 6.59. The summed E-state index contributed by atoms with van der Waals surface area (Å²) in [5.74, 6) is 0.418. The Kier molecular flexibility index (Phi) is 8.88. The predicted octanol–water partition coefficient (Wildman–Crippen LogP) is 6.99. The number of ether oxygens (including phenoxy) is 1. The molecule has 1 aliphatic heterocycles. The number of carbonyl (C=O) groups is 2. The first-order chi connectivity index (χ1) is 17.4. The Morgan fingerprint density at radius 3 is 2.64 bits per heavy atom. The number of amides is 2. The van der Waals surface area contributed by atoms with Gasteiger partial charge in [-0.1, -0.05) is 77.4 Å². The van der Waals surface area contributed by atoms with Crippen molar-refractivity contribution in [1.29, 1.82) is 0 Å². The zero-order valence-electron chi connectivity index (χ0n) is 20.4. The van der Waals surface area contributed by atoms with Crippen LogP contribution in [0.1, 0.15) is 43.9 Å². The quantitative estimate of drug-likeness (QED) is 0.225. The minimum absolute atomic E-state index is 0.0607. The average Bonchev–Trinajstić information content (AvgIpc) is 2.87. The molecule has 0 unspecified atom stereocenters. The van der Waals surface area contributed by atoms with E-state index in [0.717, 1.165) is 44.8 Å². The van der Waals surface area contributed by atoms with Crippen LogP contribution >= 0.6 is 27.7 Å². The number of halogens is 1. The van der Waals surface area contributed by atoms with Crippen molar-refractivity contribution in [3.05, 3.63) is 93.3 Å². The molecule has 7 heteroatoms. The number of thioether (sulfide) groups is 1. The summed E-state index contributed by atoms with van der Waals surface area (Å²) < 4.78 is 6.67. The van der Waals surface area contributed by atoms with Gasteiger partial charge in [0.1, 0.15) is 12.3 Å². The molecule has 36 heavy (non-hydrogen) atoms. The van der Waals surface area contributed by atoms with E-state index in [-0.39, 0.29) is 24.4 Å². The molecule has 0 radical (unpaired) electrons. The van der Waals surface area contributed by atoms with Crippen LogP contribution in [0.4, 0.5) is 5.69 Å². The molecule has 0 bridgehead atoms. The molecule has 3 aromatic carbocycles. The second kappa shape index (κ2) is 12.3. The van der Waals surface area contributed by atoms with E-state index in [9.17, 15) is 9.59 Å². The maximum Gasteiger partial charge on any atom is 0.265 e. The molecule has 0 spiro atoms. The van der Waals surface area contributed by atoms with E-state index in [2.05, 4.69) is 28.2 Å². The molecule has 5 nitrogen and oxygen atoms in total. The second-order valence-corrected chi connectivity index (χ2v) is 10.6. The predicted molar refractivity (Wildman–Crippen MR) is 150 cm³/mol. The summed E-state index contributed by atoms with van der Waals surface area (Å²) in [5, 5.41) is 3.03. The number of benzene rings is 3. The van der Waals surface area contributed by atoms with Crippen LogP contribution in [0.25, 0.3) is 6.08 Å². The lowest BCUT2D eigenvalue weighted by Crippen LogP contribution is -2.43. The number of anilines is 1. The van der Waals surface area contributed by atoms with Gasteiger partial charge in [0, 0.05) is 9.37 Å². The molecular formula is C29H29BrN2O3S. The SMILES string of the molecule is CCCCOc1ccc([C@@H](C)NC(=O)CN2C(=O)/C(=C\c3cccc(Br)c3)Sc3ccccc32)cc1. The van der Waals surface area contributed by atoms with Crippen LogP contribution in [0.5, 0.6) is 5.75 Å². The van der Waals surface area contributed by atoms with E-state index in [1.165, 1.54) is 11.8 Å². The van der Waals surface area contributed by atoms with E-state index in [0.29, 0.717) is 11.5 Å². The minimum Gasteiger partial charge on any atom is -0.494 e. The molecule has 3 aromatic rings. The highest BCUT2D eigenvalue weighted by Crippen LogP contribution is 2.42. The monoisotopic (exact) mass is 564 g/mol. The molecule has 0 saturated carbocycles. The first-order valence-corrected chi connectivity index (χ1v) is 13.6. The summed E-state index contributed by atoms with van der Waals surface area (Å²) in [5.41, 5.74) is 2.64. The number of fused-ring (bicyclic) bond motifs is 1. The number of unbranched alkanes of at least 4 members (excludes halogenated alkanes) is 1. The Hall–Kier alpha value is -3.03. The van der Waals surface area contributed by atoms with Crippen molar-refractivity contribution in [2.24, 2.45) is 0 Å². The van der Waals surface area contributed by atoms with Crippen LogP contribution in [0.2, 0.25) is 0 Å². The Balaban J connectivity index is 1.47. The molecule has 1 aliphatic rings. The smallest absolute Gasteiger partial charge is 0.265 e. The number of carbonyl (C=O) groups excluding carboxylic acids is 2. The third-order valence-electron chi connectivity index (χ3n) is 5.80. The van der Waals surface area contributed by atoms with E-state index < -0.39 is 0 Å². The number of hydrogen-bond donors (Lipinski definition) is 1. The van der Waals surface area contributed by atoms with Gasteiger partial charge >= 0.3 is 0 Å². The maximum atomic E-state index is 13.4. The topological polar surface area (TPSA) is 58.6 Å². The zero-order valence-corrected chi connectivity index (χ0v) is 22.8. The van der Waals surface area contributed by atoms with Crippen molar-refractivity contribution in [1.82, 2.24) is 5.32 Å². The molecule has 4 rings (SSSR count). The highest BCUT2D eigenvalue weighted by atomic mass is 79.9. The molecule has 1 heterocycles. The number of rotatable bonds is 9. The molecule has 2 amide bonds. The number of nitrogens with one attached hydrogen (secondary N) is 1. The first kappa shape index (κ1) is 26.0. The Bertz CT molecular complexity index is 1260. The van der Waals surface area contributed by atoms with Gasteiger partial charge in [0.2, 0.25) is 5.91 Å². The van der Waals surface area contributed by atoms with E-state index >= 15 is 0 Å². The van der Waals surface area contributed by atoms with Gasteiger partial charge in [-0.25, -0.2) is 0 Å². The molecule has 0 fully saturated rings. The molecular weight excluding hydrogens is 536 g/mol. The van der Waals surface area contributed by atoms with Gasteiger partial charge in [0.25, 0.3) is 5.91 Å². The molecule has 186 valence electrons. The molecule has 1 atom stereocenters. The molecule has 1 N–H and O–H groups in total. The van der Waals surface area contributed by atoms with Crippen LogP contribution in [-0.4, -0.2) is 25.0 Å². The van der Waals surface area contributed by atoms with Gasteiger partial charge in [-0.2, -0.15) is 0 Å². The van der Waals surface area contributed by atoms with Crippen molar-refractivity contribution >= 4 is 51.3 Å². The average molecular weight is 566 g/mol. The number of hydrogen-bond acceptors (Lipinski definition) is 4. The summed E-state index contributed by atoms with van der Waals surface area (Å²) in [7, 11) is 0. The third-order valence-corrected chi connectivity index (χ3v) is 7.38. The fourth-order valence-electron chi connectivity index (χ4n) is 3.87. The van der Waals surface area contributed by atoms with Crippen LogP contribution in [0.3, 0.4) is 0 Å². The Morgan fingerprint density at radius 1 is 1.11 bits per heavy atom. The van der Waals surface area contributed by atoms with Gasteiger partial charge in [0.05, 0.1) is 23.2 Å².